The van der Waals surface area contributed by atoms with Gasteiger partial charge in [0, 0.05) is 11.6 Å². The molecule has 1 aromatic heterocycles. The van der Waals surface area contributed by atoms with Crippen molar-refractivity contribution in [2.24, 2.45) is 0 Å². The molecule has 1 aromatic carbocycles. The fourth-order valence-electron chi connectivity index (χ4n) is 3.31. The van der Waals surface area contributed by atoms with Gasteiger partial charge >= 0.3 is 5.97 Å². The van der Waals surface area contributed by atoms with E-state index >= 15 is 0 Å². The Hall–Kier alpha value is -2.28. The van der Waals surface area contributed by atoms with Crippen molar-refractivity contribution in [3.05, 3.63) is 40.7 Å². The lowest BCUT2D eigenvalue weighted by Gasteiger charge is -2.19. The topological polar surface area (TPSA) is 68.3 Å². The number of hydrogen-bond donors (Lipinski definition) is 1. The summed E-state index contributed by atoms with van der Waals surface area (Å²) in [5.41, 5.74) is 1.26. The quantitative estimate of drug-likeness (QED) is 0.582. The fourth-order valence-corrected chi connectivity index (χ4v) is 4.27. The van der Waals surface area contributed by atoms with Crippen LogP contribution in [0.1, 0.15) is 60.8 Å². The van der Waals surface area contributed by atoms with Gasteiger partial charge in [0.2, 0.25) is 0 Å². The molecule has 1 aliphatic carbocycles. The fraction of sp³-hybridized carbons (Fsp3) is 0.476. The van der Waals surface area contributed by atoms with E-state index in [0.29, 0.717) is 15.6 Å². The molecule has 1 aliphatic rings. The summed E-state index contributed by atoms with van der Waals surface area (Å²) in [6, 6.07) is 6.09. The Labute approximate surface area is 168 Å². The second kappa shape index (κ2) is 9.28. The van der Waals surface area contributed by atoms with E-state index in [4.69, 9.17) is 4.74 Å². The number of amides is 1. The minimum atomic E-state index is -0.869. The number of carbonyl (C=O) groups is 2. The van der Waals surface area contributed by atoms with Gasteiger partial charge in [-0.15, -0.1) is 11.3 Å². The smallest absolute Gasteiger partial charge is 0.351 e. The third-order valence-corrected chi connectivity index (χ3v) is 6.11. The van der Waals surface area contributed by atoms with Crippen molar-refractivity contribution in [1.29, 1.82) is 0 Å². The second-order valence-corrected chi connectivity index (χ2v) is 8.18. The molecule has 1 fully saturated rings. The van der Waals surface area contributed by atoms with Crippen LogP contribution in [0.15, 0.2) is 24.3 Å². The van der Waals surface area contributed by atoms with Crippen molar-refractivity contribution in [3.63, 3.8) is 0 Å². The maximum atomic E-state index is 13.1. The normalized spacial score (nSPS) is 16.2. The van der Waals surface area contributed by atoms with Crippen LogP contribution in [-0.4, -0.2) is 29.0 Å². The zero-order valence-electron chi connectivity index (χ0n) is 16.2. The number of rotatable bonds is 5. The number of ether oxygens (including phenoxy) is 1. The number of nitrogens with zero attached hydrogens (tertiary/aromatic N) is 1. The first-order valence-corrected chi connectivity index (χ1v) is 10.5. The van der Waals surface area contributed by atoms with E-state index in [-0.39, 0.29) is 17.8 Å². The molecule has 0 radical (unpaired) electrons. The van der Waals surface area contributed by atoms with Crippen molar-refractivity contribution >= 4 is 23.2 Å². The maximum absolute atomic E-state index is 13.1. The van der Waals surface area contributed by atoms with Crippen molar-refractivity contribution in [2.75, 3.05) is 0 Å². The number of nitrogens with one attached hydrogen (secondary N) is 1. The van der Waals surface area contributed by atoms with Gasteiger partial charge in [-0.25, -0.2) is 14.2 Å². The molecule has 5 nitrogen and oxygen atoms in total. The number of aryl methyl sites for hydroxylation is 1. The molecule has 0 aliphatic heterocycles. The summed E-state index contributed by atoms with van der Waals surface area (Å²) in [4.78, 5) is 29.7. The molecule has 1 heterocycles. The lowest BCUT2D eigenvalue weighted by Crippen LogP contribution is -2.41. The predicted octanol–water partition coefficient (Wildman–Crippen LogP) is 4.64. The molecular weight excluding hydrogens is 379 g/mol. The number of carbonyl (C=O) groups excluding carboxylic acids is 2. The van der Waals surface area contributed by atoms with Crippen molar-refractivity contribution < 1.29 is 18.7 Å². The lowest BCUT2D eigenvalue weighted by atomic mass is 10.1. The minimum absolute atomic E-state index is 0.159. The summed E-state index contributed by atoms with van der Waals surface area (Å²) >= 11 is 1.18. The van der Waals surface area contributed by atoms with Crippen molar-refractivity contribution in [3.8, 4) is 10.6 Å². The van der Waals surface area contributed by atoms with E-state index in [9.17, 15) is 14.0 Å². The van der Waals surface area contributed by atoms with Gasteiger partial charge in [-0.1, -0.05) is 25.7 Å². The van der Waals surface area contributed by atoms with Crippen LogP contribution in [0.5, 0.6) is 0 Å². The van der Waals surface area contributed by atoms with Crippen LogP contribution in [0.3, 0.4) is 0 Å². The Morgan fingerprint density at radius 1 is 1.18 bits per heavy atom. The summed E-state index contributed by atoms with van der Waals surface area (Å²) in [5, 5.41) is 3.61. The van der Waals surface area contributed by atoms with E-state index in [1.807, 2.05) is 0 Å². The first kappa shape index (κ1) is 20.5. The number of benzene rings is 1. The highest BCUT2D eigenvalue weighted by molar-refractivity contribution is 7.17. The first-order valence-electron chi connectivity index (χ1n) is 9.69. The molecule has 1 saturated carbocycles. The molecule has 28 heavy (non-hydrogen) atoms. The molecule has 3 rings (SSSR count). The Morgan fingerprint density at radius 3 is 2.46 bits per heavy atom. The van der Waals surface area contributed by atoms with Crippen LogP contribution in [0.4, 0.5) is 4.39 Å². The van der Waals surface area contributed by atoms with E-state index in [2.05, 4.69) is 10.3 Å². The summed E-state index contributed by atoms with van der Waals surface area (Å²) in [6.45, 7) is 3.30. The molecular formula is C21H25FN2O3S. The van der Waals surface area contributed by atoms with Gasteiger partial charge in [0.05, 0.1) is 5.69 Å². The van der Waals surface area contributed by atoms with Crippen molar-refractivity contribution in [1.82, 2.24) is 10.3 Å². The molecule has 1 atom stereocenters. The minimum Gasteiger partial charge on any atom is -0.448 e. The van der Waals surface area contributed by atoms with Crippen LogP contribution in [0.2, 0.25) is 0 Å². The monoisotopic (exact) mass is 404 g/mol. The summed E-state index contributed by atoms with van der Waals surface area (Å²) < 4.78 is 18.5. The zero-order chi connectivity index (χ0) is 20.1. The second-order valence-electron chi connectivity index (χ2n) is 7.19. The Bertz CT molecular complexity index is 827. The van der Waals surface area contributed by atoms with Crippen LogP contribution in [0, 0.1) is 12.7 Å². The molecule has 1 N–H and O–H groups in total. The van der Waals surface area contributed by atoms with Crippen molar-refractivity contribution in [2.45, 2.75) is 64.5 Å². The lowest BCUT2D eigenvalue weighted by molar-refractivity contribution is -0.129. The molecule has 150 valence electrons. The molecule has 7 heteroatoms. The van der Waals surface area contributed by atoms with E-state index in [1.165, 1.54) is 36.3 Å². The molecule has 0 unspecified atom stereocenters. The zero-order valence-corrected chi connectivity index (χ0v) is 17.0. The van der Waals surface area contributed by atoms with Gasteiger partial charge in [-0.05, 0) is 51.0 Å². The largest absolute Gasteiger partial charge is 0.448 e. The van der Waals surface area contributed by atoms with Gasteiger partial charge in [0.1, 0.15) is 15.7 Å². The Morgan fingerprint density at radius 2 is 1.82 bits per heavy atom. The van der Waals surface area contributed by atoms with Gasteiger partial charge in [-0.3, -0.25) is 4.79 Å². The number of hydrogen-bond acceptors (Lipinski definition) is 5. The Balaban J connectivity index is 1.62. The molecule has 0 spiro atoms. The number of esters is 1. The van der Waals surface area contributed by atoms with Crippen LogP contribution >= 0.6 is 11.3 Å². The maximum Gasteiger partial charge on any atom is 0.351 e. The van der Waals surface area contributed by atoms with E-state index in [0.717, 1.165) is 31.2 Å². The average molecular weight is 405 g/mol. The van der Waals surface area contributed by atoms with Crippen LogP contribution < -0.4 is 5.32 Å². The molecule has 0 bridgehead atoms. The van der Waals surface area contributed by atoms with Crippen LogP contribution in [-0.2, 0) is 9.53 Å². The standard InChI is InChI=1S/C21H25FN2O3S/c1-13-18(28-20(23-13)15-9-11-16(22)12-10-15)21(26)27-14(2)19(25)24-17-7-5-3-4-6-8-17/h9-12,14,17H,3-8H2,1-2H3,(H,24,25)/t14-/m1/s1. The molecule has 0 saturated heterocycles. The summed E-state index contributed by atoms with van der Waals surface area (Å²) in [6.07, 6.45) is 5.72. The molecule has 2 aromatic rings. The third kappa shape index (κ3) is 5.16. The highest BCUT2D eigenvalue weighted by Gasteiger charge is 2.25. The Kier molecular flexibility index (Phi) is 6.78. The van der Waals surface area contributed by atoms with Gasteiger partial charge in [0.25, 0.3) is 5.91 Å². The number of halogens is 1. The van der Waals surface area contributed by atoms with Crippen LogP contribution in [0.25, 0.3) is 10.6 Å². The van der Waals surface area contributed by atoms with Gasteiger partial charge in [-0.2, -0.15) is 0 Å². The summed E-state index contributed by atoms with van der Waals surface area (Å²) in [5.74, 6) is -1.15. The predicted molar refractivity (Wildman–Crippen MR) is 107 cm³/mol. The SMILES string of the molecule is Cc1nc(-c2ccc(F)cc2)sc1C(=O)O[C@H](C)C(=O)NC1CCCCCC1. The van der Waals surface area contributed by atoms with E-state index in [1.54, 1.807) is 26.0 Å². The number of aromatic nitrogens is 1. The highest BCUT2D eigenvalue weighted by atomic mass is 32.1. The average Bonchev–Trinajstić information content (AvgIpc) is 2.88. The molecule has 1 amide bonds. The summed E-state index contributed by atoms with van der Waals surface area (Å²) in [7, 11) is 0. The van der Waals surface area contributed by atoms with Gasteiger partial charge in [0.15, 0.2) is 6.10 Å². The first-order chi connectivity index (χ1) is 13.4. The highest BCUT2D eigenvalue weighted by Crippen LogP contribution is 2.29. The van der Waals surface area contributed by atoms with E-state index < -0.39 is 12.1 Å². The number of thiazole rings is 1. The van der Waals surface area contributed by atoms with Gasteiger partial charge < -0.3 is 10.1 Å². The third-order valence-electron chi connectivity index (χ3n) is 4.93.